The molecule has 11 heteroatoms. The van der Waals surface area contributed by atoms with E-state index in [0.717, 1.165) is 27.6 Å². The van der Waals surface area contributed by atoms with E-state index in [1.165, 1.54) is 20.8 Å². The molecule has 1 aliphatic heterocycles. The molecular weight excluding hydrogens is 626 g/mol. The lowest BCUT2D eigenvalue weighted by Gasteiger charge is -2.33. The van der Waals surface area contributed by atoms with Gasteiger partial charge in [-0.05, 0) is 75.6 Å². The number of rotatable bonds is 12. The molecule has 264 valence electrons. The summed E-state index contributed by atoms with van der Waals surface area (Å²) in [5, 5.41) is 4.62. The Bertz CT molecular complexity index is 1630. The molecule has 3 aromatic carbocycles. The molecule has 1 heterocycles. The van der Waals surface area contributed by atoms with Gasteiger partial charge >= 0.3 is 24.0 Å². The van der Waals surface area contributed by atoms with E-state index < -0.39 is 41.5 Å². The van der Waals surface area contributed by atoms with Crippen molar-refractivity contribution in [3.05, 3.63) is 77.9 Å². The zero-order chi connectivity index (χ0) is 35.9. The van der Waals surface area contributed by atoms with Crippen LogP contribution in [0.15, 0.2) is 66.7 Å². The Labute approximate surface area is 288 Å². The molecule has 1 aliphatic rings. The lowest BCUT2D eigenvalue weighted by Crippen LogP contribution is -2.53. The first-order valence-corrected chi connectivity index (χ1v) is 16.7. The van der Waals surface area contributed by atoms with Crippen LogP contribution >= 0.6 is 0 Å². The van der Waals surface area contributed by atoms with Crippen LogP contribution < -0.4 is 10.2 Å². The maximum absolute atomic E-state index is 14.1. The first kappa shape index (κ1) is 37.2. The predicted octanol–water partition coefficient (Wildman–Crippen LogP) is 5.93. The SMILES string of the molecule is CCOC(=O)Cc1ccc(N2CCN([C@@H](C(=O)OC(C)OC(=O)C(C)(C)NC(=O)OC(C)(C)C)[C@H](C)c3cccc4ccccc34)C2)cc1. The number of hydrogen-bond acceptors (Lipinski definition) is 10. The molecule has 1 N–H and O–H groups in total. The summed E-state index contributed by atoms with van der Waals surface area (Å²) >= 11 is 0. The van der Waals surface area contributed by atoms with Crippen molar-refractivity contribution in [3.63, 3.8) is 0 Å². The number of carbonyl (C=O) groups excluding carboxylic acids is 4. The molecule has 4 rings (SSSR count). The molecule has 0 saturated carbocycles. The fourth-order valence-corrected chi connectivity index (χ4v) is 5.90. The summed E-state index contributed by atoms with van der Waals surface area (Å²) in [7, 11) is 0. The topological polar surface area (TPSA) is 124 Å². The van der Waals surface area contributed by atoms with Crippen molar-refractivity contribution >= 4 is 40.5 Å². The molecule has 11 nitrogen and oxygen atoms in total. The predicted molar refractivity (Wildman–Crippen MR) is 187 cm³/mol. The van der Waals surface area contributed by atoms with E-state index in [2.05, 4.69) is 15.1 Å². The van der Waals surface area contributed by atoms with E-state index in [1.54, 1.807) is 27.7 Å². The number of ether oxygens (including phenoxy) is 4. The van der Waals surface area contributed by atoms with Gasteiger partial charge in [-0.3, -0.25) is 14.5 Å². The number of anilines is 1. The third-order valence-electron chi connectivity index (χ3n) is 8.27. The van der Waals surface area contributed by atoms with E-state index in [9.17, 15) is 19.2 Å². The first-order chi connectivity index (χ1) is 23.1. The zero-order valence-electron chi connectivity index (χ0n) is 29.8. The van der Waals surface area contributed by atoms with Crippen LogP contribution in [0.4, 0.5) is 10.5 Å². The van der Waals surface area contributed by atoms with Gasteiger partial charge in [-0.2, -0.15) is 0 Å². The minimum Gasteiger partial charge on any atom is -0.466 e. The molecule has 1 unspecified atom stereocenters. The Kier molecular flexibility index (Phi) is 11.9. The molecular formula is C38H49N3O8. The Morgan fingerprint density at radius 3 is 2.20 bits per heavy atom. The van der Waals surface area contributed by atoms with Crippen LogP contribution in [0, 0.1) is 0 Å². The van der Waals surface area contributed by atoms with Gasteiger partial charge in [0, 0.05) is 31.6 Å². The van der Waals surface area contributed by atoms with E-state index in [4.69, 9.17) is 18.9 Å². The highest BCUT2D eigenvalue weighted by atomic mass is 16.7. The van der Waals surface area contributed by atoms with Crippen molar-refractivity contribution in [1.29, 1.82) is 0 Å². The maximum Gasteiger partial charge on any atom is 0.408 e. The molecule has 1 amide bonds. The summed E-state index contributed by atoms with van der Waals surface area (Å²) in [4.78, 5) is 55.7. The summed E-state index contributed by atoms with van der Waals surface area (Å²) in [5.74, 6) is -1.88. The van der Waals surface area contributed by atoms with Crippen molar-refractivity contribution in [2.45, 2.75) is 91.2 Å². The van der Waals surface area contributed by atoms with E-state index >= 15 is 0 Å². The second kappa shape index (κ2) is 15.7. The van der Waals surface area contributed by atoms with Gasteiger partial charge in [0.05, 0.1) is 19.7 Å². The number of esters is 3. The summed E-state index contributed by atoms with van der Waals surface area (Å²) in [5.41, 5.74) is 0.620. The Morgan fingerprint density at radius 1 is 0.857 bits per heavy atom. The molecule has 0 bridgehead atoms. The minimum absolute atomic E-state index is 0.202. The molecule has 1 saturated heterocycles. The maximum atomic E-state index is 14.1. The average Bonchev–Trinajstić information content (AvgIpc) is 3.49. The first-order valence-electron chi connectivity index (χ1n) is 16.7. The molecule has 49 heavy (non-hydrogen) atoms. The van der Waals surface area contributed by atoms with Gasteiger partial charge in [-0.1, -0.05) is 61.5 Å². The van der Waals surface area contributed by atoms with Crippen LogP contribution in [0.25, 0.3) is 10.8 Å². The molecule has 0 radical (unpaired) electrons. The van der Waals surface area contributed by atoms with Crippen LogP contribution in [0.5, 0.6) is 0 Å². The fourth-order valence-electron chi connectivity index (χ4n) is 5.90. The van der Waals surface area contributed by atoms with Gasteiger partial charge < -0.3 is 29.2 Å². The average molecular weight is 676 g/mol. The smallest absolute Gasteiger partial charge is 0.408 e. The number of benzene rings is 3. The molecule has 3 atom stereocenters. The van der Waals surface area contributed by atoms with Crippen molar-refractivity contribution in [2.75, 3.05) is 31.3 Å². The lowest BCUT2D eigenvalue weighted by atomic mass is 9.88. The van der Waals surface area contributed by atoms with Crippen LogP contribution in [0.2, 0.25) is 0 Å². The highest BCUT2D eigenvalue weighted by Gasteiger charge is 2.40. The Morgan fingerprint density at radius 2 is 1.53 bits per heavy atom. The number of alkyl carbamates (subject to hydrolysis) is 1. The monoisotopic (exact) mass is 675 g/mol. The quantitative estimate of drug-likeness (QED) is 0.140. The highest BCUT2D eigenvalue weighted by molar-refractivity contribution is 5.88. The van der Waals surface area contributed by atoms with Crippen LogP contribution in [0.1, 0.15) is 72.4 Å². The van der Waals surface area contributed by atoms with Crippen molar-refractivity contribution in [3.8, 4) is 0 Å². The van der Waals surface area contributed by atoms with Crippen molar-refractivity contribution in [2.24, 2.45) is 0 Å². The highest BCUT2D eigenvalue weighted by Crippen LogP contribution is 2.33. The number of hydrogen-bond donors (Lipinski definition) is 1. The third-order valence-corrected chi connectivity index (χ3v) is 8.27. The molecule has 0 spiro atoms. The minimum atomic E-state index is -1.44. The Balaban J connectivity index is 1.52. The lowest BCUT2D eigenvalue weighted by molar-refractivity contribution is -0.192. The molecule has 1 fully saturated rings. The largest absolute Gasteiger partial charge is 0.466 e. The van der Waals surface area contributed by atoms with Gasteiger partial charge in [0.2, 0.25) is 6.29 Å². The zero-order valence-corrected chi connectivity index (χ0v) is 29.8. The van der Waals surface area contributed by atoms with E-state index in [-0.39, 0.29) is 18.3 Å². The number of nitrogens with zero attached hydrogens (tertiary/aromatic N) is 2. The number of carbonyl (C=O) groups is 4. The van der Waals surface area contributed by atoms with Gasteiger partial charge in [-0.15, -0.1) is 0 Å². The third kappa shape index (κ3) is 9.95. The molecule has 0 aliphatic carbocycles. The standard InChI is InChI=1S/C38H49N3O8/c1-9-46-32(42)23-27-17-19-29(20-18-27)40-21-22-41(24-40)33(25(2)30-16-12-14-28-13-10-11-15-31(28)30)34(43)47-26(3)48-35(44)38(7,8)39-36(45)49-37(4,5)6/h10-20,25-26,33H,9,21-24H2,1-8H3,(H,39,45)/t25-,26?,33-/m1/s1. The van der Waals surface area contributed by atoms with Crippen LogP contribution in [-0.2, 0) is 39.8 Å². The van der Waals surface area contributed by atoms with E-state index in [1.807, 2.05) is 73.7 Å². The summed E-state index contributed by atoms with van der Waals surface area (Å²) in [6.07, 6.45) is -1.80. The van der Waals surface area contributed by atoms with Crippen molar-refractivity contribution < 1.29 is 38.1 Å². The normalized spacial score (nSPS) is 15.6. The second-order valence-corrected chi connectivity index (χ2v) is 13.8. The summed E-state index contributed by atoms with van der Waals surface area (Å²) < 4.78 is 21.7. The van der Waals surface area contributed by atoms with Crippen LogP contribution in [0.3, 0.4) is 0 Å². The number of nitrogens with one attached hydrogen (secondary N) is 1. The molecule has 3 aromatic rings. The molecule has 0 aromatic heterocycles. The number of amides is 1. The Hall–Kier alpha value is -4.64. The van der Waals surface area contributed by atoms with Gasteiger partial charge in [0.1, 0.15) is 17.2 Å². The van der Waals surface area contributed by atoms with E-state index in [0.29, 0.717) is 26.4 Å². The summed E-state index contributed by atoms with van der Waals surface area (Å²) in [6, 6.07) is 21.1. The van der Waals surface area contributed by atoms with Crippen LogP contribution in [-0.4, -0.2) is 78.7 Å². The fraction of sp³-hybridized carbons (Fsp3) is 0.474. The van der Waals surface area contributed by atoms with Gasteiger partial charge in [0.15, 0.2) is 0 Å². The van der Waals surface area contributed by atoms with Gasteiger partial charge in [-0.25, -0.2) is 9.59 Å². The summed E-state index contributed by atoms with van der Waals surface area (Å²) in [6.45, 7) is 15.4. The second-order valence-electron chi connectivity index (χ2n) is 13.8. The van der Waals surface area contributed by atoms with Gasteiger partial charge in [0.25, 0.3) is 0 Å². The number of fused-ring (bicyclic) bond motifs is 1. The van der Waals surface area contributed by atoms with Crippen molar-refractivity contribution in [1.82, 2.24) is 10.2 Å².